The Kier molecular flexibility index (Phi) is 6.88. The van der Waals surface area contributed by atoms with Crippen molar-refractivity contribution in [2.75, 3.05) is 25.0 Å². The summed E-state index contributed by atoms with van der Waals surface area (Å²) >= 11 is 7.30. The third-order valence-electron chi connectivity index (χ3n) is 3.70. The molecular formula is C18H16ClF3N4O2S. The lowest BCUT2D eigenvalue weighted by Gasteiger charge is -2.11. The molecule has 11 heteroatoms. The molecule has 0 saturated heterocycles. The monoisotopic (exact) mass is 444 g/mol. The summed E-state index contributed by atoms with van der Waals surface area (Å²) in [4.78, 5) is 19.9. The van der Waals surface area contributed by atoms with Crippen LogP contribution >= 0.6 is 22.9 Å². The van der Waals surface area contributed by atoms with E-state index in [1.807, 2.05) is 24.3 Å². The molecule has 0 saturated carbocycles. The number of para-hydroxylation sites is 1. The number of nitrogens with zero attached hydrogens (tertiary/aromatic N) is 2. The summed E-state index contributed by atoms with van der Waals surface area (Å²) in [5, 5.41) is 6.03. The fourth-order valence-electron chi connectivity index (χ4n) is 2.37. The first-order valence-corrected chi connectivity index (χ1v) is 9.68. The minimum atomic E-state index is -4.51. The standard InChI is InChI=1S/C18H16ClF3N4O2S/c19-12-7-11(18(20,21)22)8-25-17(12)24-6-5-23-15(27)9-28-10-16-26-13-3-1-2-4-14(13)29-16/h1-4,7-8H,5-6,9-10H2,(H,23,27)(H,24,25). The van der Waals surface area contributed by atoms with Crippen LogP contribution in [0.2, 0.25) is 5.02 Å². The number of aromatic nitrogens is 2. The number of anilines is 1. The predicted octanol–water partition coefficient (Wildman–Crippen LogP) is 4.11. The Balaban J connectivity index is 1.36. The van der Waals surface area contributed by atoms with Gasteiger partial charge in [-0.25, -0.2) is 9.97 Å². The van der Waals surface area contributed by atoms with Gasteiger partial charge in [0, 0.05) is 19.3 Å². The van der Waals surface area contributed by atoms with E-state index in [9.17, 15) is 18.0 Å². The van der Waals surface area contributed by atoms with Crippen molar-refractivity contribution in [1.82, 2.24) is 15.3 Å². The first-order chi connectivity index (χ1) is 13.8. The van der Waals surface area contributed by atoms with Crippen molar-refractivity contribution in [2.45, 2.75) is 12.8 Å². The van der Waals surface area contributed by atoms with E-state index in [0.29, 0.717) is 6.20 Å². The second kappa shape index (κ2) is 9.38. The number of thiazole rings is 1. The first kappa shape index (κ1) is 21.3. The van der Waals surface area contributed by atoms with Gasteiger partial charge in [0.25, 0.3) is 0 Å². The van der Waals surface area contributed by atoms with E-state index in [1.165, 1.54) is 11.3 Å². The van der Waals surface area contributed by atoms with Gasteiger partial charge in [-0.3, -0.25) is 4.79 Å². The average molecular weight is 445 g/mol. The van der Waals surface area contributed by atoms with E-state index in [0.717, 1.165) is 21.3 Å². The molecule has 2 heterocycles. The highest BCUT2D eigenvalue weighted by Crippen LogP contribution is 2.32. The second-order valence-corrected chi connectivity index (χ2v) is 7.42. The summed E-state index contributed by atoms with van der Waals surface area (Å²) < 4.78 is 44.2. The number of hydrogen-bond acceptors (Lipinski definition) is 6. The molecule has 0 aliphatic heterocycles. The Morgan fingerprint density at radius 3 is 2.76 bits per heavy atom. The molecule has 2 aromatic heterocycles. The fourth-order valence-corrected chi connectivity index (χ4v) is 3.51. The van der Waals surface area contributed by atoms with Gasteiger partial charge in [-0.05, 0) is 18.2 Å². The Labute approximate surface area is 173 Å². The molecule has 3 aromatic rings. The number of fused-ring (bicyclic) bond motifs is 1. The highest BCUT2D eigenvalue weighted by atomic mass is 35.5. The van der Waals surface area contributed by atoms with Crippen molar-refractivity contribution in [3.05, 3.63) is 52.1 Å². The van der Waals surface area contributed by atoms with Crippen LogP contribution in [0.3, 0.4) is 0 Å². The Morgan fingerprint density at radius 1 is 1.24 bits per heavy atom. The smallest absolute Gasteiger partial charge is 0.367 e. The number of amides is 1. The molecule has 0 aliphatic carbocycles. The van der Waals surface area contributed by atoms with Crippen molar-refractivity contribution < 1.29 is 22.7 Å². The van der Waals surface area contributed by atoms with Crippen LogP contribution in [0.25, 0.3) is 10.2 Å². The first-order valence-electron chi connectivity index (χ1n) is 8.48. The zero-order valence-electron chi connectivity index (χ0n) is 14.9. The van der Waals surface area contributed by atoms with Crippen LogP contribution in [0.1, 0.15) is 10.6 Å². The number of ether oxygens (including phenoxy) is 1. The number of benzene rings is 1. The van der Waals surface area contributed by atoms with E-state index in [4.69, 9.17) is 16.3 Å². The Bertz CT molecular complexity index is 964. The number of hydrogen-bond donors (Lipinski definition) is 2. The molecule has 3 rings (SSSR count). The van der Waals surface area contributed by atoms with E-state index in [2.05, 4.69) is 20.6 Å². The minimum Gasteiger partial charge on any atom is -0.367 e. The van der Waals surface area contributed by atoms with Crippen LogP contribution in [0.4, 0.5) is 19.0 Å². The van der Waals surface area contributed by atoms with Gasteiger partial charge >= 0.3 is 6.18 Å². The van der Waals surface area contributed by atoms with Crippen molar-refractivity contribution in [3.63, 3.8) is 0 Å². The lowest BCUT2D eigenvalue weighted by molar-refractivity contribution is -0.137. The van der Waals surface area contributed by atoms with Gasteiger partial charge in [0.15, 0.2) is 0 Å². The molecule has 0 unspecified atom stereocenters. The second-order valence-electron chi connectivity index (χ2n) is 5.90. The summed E-state index contributed by atoms with van der Waals surface area (Å²) in [5.41, 5.74) is -0.0335. The zero-order valence-corrected chi connectivity index (χ0v) is 16.5. The largest absolute Gasteiger partial charge is 0.417 e. The van der Waals surface area contributed by atoms with Gasteiger partial charge in [-0.15, -0.1) is 11.3 Å². The van der Waals surface area contributed by atoms with Gasteiger partial charge in [0.05, 0.1) is 27.4 Å². The summed E-state index contributed by atoms with van der Waals surface area (Å²) in [6, 6.07) is 8.51. The van der Waals surface area contributed by atoms with Crippen molar-refractivity contribution >= 4 is 44.9 Å². The molecule has 29 heavy (non-hydrogen) atoms. The third kappa shape index (κ3) is 6.02. The van der Waals surface area contributed by atoms with Gasteiger partial charge in [-0.1, -0.05) is 23.7 Å². The maximum atomic E-state index is 12.6. The molecule has 0 atom stereocenters. The Hall–Kier alpha value is -2.43. The lowest BCUT2D eigenvalue weighted by atomic mass is 10.3. The quantitative estimate of drug-likeness (QED) is 0.511. The normalized spacial score (nSPS) is 11.6. The molecule has 2 N–H and O–H groups in total. The molecule has 0 radical (unpaired) electrons. The molecule has 0 bridgehead atoms. The maximum absolute atomic E-state index is 12.6. The van der Waals surface area contributed by atoms with Gasteiger partial charge in [0.2, 0.25) is 5.91 Å². The maximum Gasteiger partial charge on any atom is 0.417 e. The van der Waals surface area contributed by atoms with Gasteiger partial charge < -0.3 is 15.4 Å². The number of pyridine rings is 1. The highest BCUT2D eigenvalue weighted by Gasteiger charge is 2.31. The molecule has 0 aliphatic rings. The van der Waals surface area contributed by atoms with Crippen LogP contribution < -0.4 is 10.6 Å². The molecule has 1 amide bonds. The molecule has 1 aromatic carbocycles. The number of halogens is 4. The number of rotatable bonds is 8. The van der Waals surface area contributed by atoms with Crippen molar-refractivity contribution in [1.29, 1.82) is 0 Å². The van der Waals surface area contributed by atoms with E-state index >= 15 is 0 Å². The van der Waals surface area contributed by atoms with Crippen molar-refractivity contribution in [3.8, 4) is 0 Å². The third-order valence-corrected chi connectivity index (χ3v) is 5.00. The SMILES string of the molecule is O=C(COCc1nc2ccccc2s1)NCCNc1ncc(C(F)(F)F)cc1Cl. The van der Waals surface area contributed by atoms with Crippen LogP contribution in [-0.4, -0.2) is 35.6 Å². The van der Waals surface area contributed by atoms with Crippen LogP contribution in [0, 0.1) is 0 Å². The molecule has 0 spiro atoms. The molecule has 154 valence electrons. The Morgan fingerprint density at radius 2 is 2.03 bits per heavy atom. The summed E-state index contributed by atoms with van der Waals surface area (Å²) in [5.74, 6) is -0.208. The topological polar surface area (TPSA) is 76.1 Å². The number of alkyl halides is 3. The van der Waals surface area contributed by atoms with E-state index in [-0.39, 0.29) is 43.1 Å². The van der Waals surface area contributed by atoms with Gasteiger partial charge in [0.1, 0.15) is 17.4 Å². The molecule has 6 nitrogen and oxygen atoms in total. The lowest BCUT2D eigenvalue weighted by Crippen LogP contribution is -2.31. The molecular weight excluding hydrogens is 429 g/mol. The highest BCUT2D eigenvalue weighted by molar-refractivity contribution is 7.18. The van der Waals surface area contributed by atoms with Crippen LogP contribution in [0.15, 0.2) is 36.5 Å². The van der Waals surface area contributed by atoms with Crippen LogP contribution in [0.5, 0.6) is 0 Å². The number of carbonyl (C=O) groups is 1. The van der Waals surface area contributed by atoms with E-state index < -0.39 is 11.7 Å². The van der Waals surface area contributed by atoms with Crippen molar-refractivity contribution in [2.24, 2.45) is 0 Å². The summed E-state index contributed by atoms with van der Waals surface area (Å²) in [7, 11) is 0. The zero-order chi connectivity index (χ0) is 20.9. The average Bonchev–Trinajstić information content (AvgIpc) is 3.08. The predicted molar refractivity (Wildman–Crippen MR) is 105 cm³/mol. The minimum absolute atomic E-state index is 0.112. The summed E-state index contributed by atoms with van der Waals surface area (Å²) in [6.07, 6.45) is -3.81. The number of carbonyl (C=O) groups excluding carboxylic acids is 1. The fraction of sp³-hybridized carbons (Fsp3) is 0.278. The van der Waals surface area contributed by atoms with Gasteiger partial charge in [-0.2, -0.15) is 13.2 Å². The van der Waals surface area contributed by atoms with E-state index in [1.54, 1.807) is 0 Å². The summed E-state index contributed by atoms with van der Waals surface area (Å²) in [6.45, 7) is 0.565. The van der Waals surface area contributed by atoms with Crippen LogP contribution in [-0.2, 0) is 22.3 Å². The number of nitrogens with one attached hydrogen (secondary N) is 2. The molecule has 0 fully saturated rings.